The number of carbonyl (C=O) groups excluding carboxylic acids is 1. The van der Waals surface area contributed by atoms with Gasteiger partial charge in [-0.2, -0.15) is 0 Å². The maximum atomic E-state index is 12.4. The number of aryl methyl sites for hydroxylation is 1. The second-order valence-electron chi connectivity index (χ2n) is 9.12. The van der Waals surface area contributed by atoms with Crippen molar-refractivity contribution < 1.29 is 9.53 Å². The number of imidazole rings is 1. The zero-order valence-electron chi connectivity index (χ0n) is 21.0. The Morgan fingerprint density at radius 2 is 1.59 bits per heavy atom. The van der Waals surface area contributed by atoms with Crippen LogP contribution in [0.4, 0.5) is 0 Å². The molecule has 5 nitrogen and oxygen atoms in total. The first-order chi connectivity index (χ1) is 16.7. The molecule has 2 aromatic carbocycles. The van der Waals surface area contributed by atoms with Gasteiger partial charge >= 0.3 is 0 Å². The third kappa shape index (κ3) is 8.19. The Morgan fingerprint density at radius 3 is 2.29 bits per heavy atom. The number of rotatable bonds is 16. The van der Waals surface area contributed by atoms with Gasteiger partial charge in [0, 0.05) is 19.5 Å². The topological polar surface area (TPSA) is 56.2 Å². The van der Waals surface area contributed by atoms with Gasteiger partial charge in [-0.25, -0.2) is 4.98 Å². The summed E-state index contributed by atoms with van der Waals surface area (Å²) in [5, 5.41) is 3.06. The maximum Gasteiger partial charge on any atom is 0.224 e. The van der Waals surface area contributed by atoms with Gasteiger partial charge in [0.1, 0.15) is 11.6 Å². The zero-order chi connectivity index (χ0) is 24.0. The summed E-state index contributed by atoms with van der Waals surface area (Å²) in [6.07, 6.45) is 13.0. The third-order valence-corrected chi connectivity index (χ3v) is 6.41. The summed E-state index contributed by atoms with van der Waals surface area (Å²) in [6, 6.07) is 16.0. The molecular formula is C29H41N3O2. The molecule has 0 bridgehead atoms. The van der Waals surface area contributed by atoms with Gasteiger partial charge in [-0.3, -0.25) is 4.79 Å². The third-order valence-electron chi connectivity index (χ3n) is 6.41. The number of methoxy groups -OCH3 is 1. The van der Waals surface area contributed by atoms with Crippen molar-refractivity contribution in [2.24, 2.45) is 0 Å². The number of para-hydroxylation sites is 2. The first-order valence-electron chi connectivity index (χ1n) is 13.0. The summed E-state index contributed by atoms with van der Waals surface area (Å²) in [5.41, 5.74) is 3.22. The zero-order valence-corrected chi connectivity index (χ0v) is 21.0. The van der Waals surface area contributed by atoms with E-state index >= 15 is 0 Å². The molecule has 1 aromatic heterocycles. The fourth-order valence-electron chi connectivity index (χ4n) is 4.45. The average molecular weight is 464 g/mol. The van der Waals surface area contributed by atoms with Crippen LogP contribution in [0.5, 0.6) is 5.75 Å². The van der Waals surface area contributed by atoms with E-state index in [1.165, 1.54) is 63.3 Å². The highest BCUT2D eigenvalue weighted by Crippen LogP contribution is 2.18. The predicted molar refractivity (Wildman–Crippen MR) is 140 cm³/mol. The van der Waals surface area contributed by atoms with Crippen LogP contribution in [-0.4, -0.2) is 29.1 Å². The lowest BCUT2D eigenvalue weighted by molar-refractivity contribution is -0.120. The summed E-state index contributed by atoms with van der Waals surface area (Å²) in [7, 11) is 1.64. The second kappa shape index (κ2) is 14.4. The van der Waals surface area contributed by atoms with E-state index in [0.717, 1.165) is 35.6 Å². The minimum Gasteiger partial charge on any atom is -0.497 e. The molecule has 3 aromatic rings. The van der Waals surface area contributed by atoms with Crippen molar-refractivity contribution in [1.29, 1.82) is 0 Å². The van der Waals surface area contributed by atoms with E-state index in [2.05, 4.69) is 35.0 Å². The molecule has 184 valence electrons. The number of nitrogens with zero attached hydrogens (tertiary/aromatic N) is 2. The number of nitrogens with one attached hydrogen (secondary N) is 1. The molecule has 0 radical (unpaired) electrons. The molecular weight excluding hydrogens is 422 g/mol. The van der Waals surface area contributed by atoms with Crippen LogP contribution in [-0.2, 0) is 24.2 Å². The van der Waals surface area contributed by atoms with Crippen LogP contribution in [0, 0.1) is 0 Å². The normalized spacial score (nSPS) is 11.1. The van der Waals surface area contributed by atoms with Crippen LogP contribution < -0.4 is 10.1 Å². The number of hydrogen-bond acceptors (Lipinski definition) is 3. The highest BCUT2D eigenvalue weighted by Gasteiger charge is 2.11. The monoisotopic (exact) mass is 463 g/mol. The number of benzene rings is 2. The van der Waals surface area contributed by atoms with E-state index in [9.17, 15) is 4.79 Å². The van der Waals surface area contributed by atoms with Gasteiger partial charge in [-0.15, -0.1) is 0 Å². The van der Waals surface area contributed by atoms with Crippen molar-refractivity contribution in [2.75, 3.05) is 13.7 Å². The van der Waals surface area contributed by atoms with Crippen LogP contribution >= 0.6 is 0 Å². The number of unbranched alkanes of at least 4 members (excludes halogenated alkanes) is 8. The highest BCUT2D eigenvalue weighted by molar-refractivity contribution is 5.78. The van der Waals surface area contributed by atoms with Gasteiger partial charge in [-0.05, 0) is 36.2 Å². The Morgan fingerprint density at radius 1 is 0.912 bits per heavy atom. The van der Waals surface area contributed by atoms with Gasteiger partial charge in [0.25, 0.3) is 0 Å². The van der Waals surface area contributed by atoms with Crippen LogP contribution in [0.15, 0.2) is 48.5 Å². The van der Waals surface area contributed by atoms with E-state index in [4.69, 9.17) is 9.72 Å². The quantitative estimate of drug-likeness (QED) is 0.247. The molecule has 0 fully saturated rings. The molecule has 1 N–H and O–H groups in total. The van der Waals surface area contributed by atoms with Crippen LogP contribution in [0.2, 0.25) is 0 Å². The second-order valence-corrected chi connectivity index (χ2v) is 9.12. The number of ether oxygens (including phenoxy) is 1. The molecule has 0 unspecified atom stereocenters. The van der Waals surface area contributed by atoms with E-state index < -0.39 is 0 Å². The molecule has 0 saturated heterocycles. The molecule has 0 aliphatic heterocycles. The lowest BCUT2D eigenvalue weighted by atomic mass is 10.1. The van der Waals surface area contributed by atoms with Gasteiger partial charge < -0.3 is 14.6 Å². The van der Waals surface area contributed by atoms with E-state index in [1.807, 2.05) is 30.3 Å². The number of amides is 1. The van der Waals surface area contributed by atoms with Gasteiger partial charge in [0.05, 0.1) is 24.6 Å². The fourth-order valence-corrected chi connectivity index (χ4v) is 4.45. The van der Waals surface area contributed by atoms with Crippen molar-refractivity contribution in [1.82, 2.24) is 14.9 Å². The van der Waals surface area contributed by atoms with Gasteiger partial charge in [0.15, 0.2) is 0 Å². The molecule has 0 aliphatic rings. The number of aromatic nitrogens is 2. The Bertz CT molecular complexity index is 994. The number of fused-ring (bicyclic) bond motifs is 1. The van der Waals surface area contributed by atoms with Crippen molar-refractivity contribution in [2.45, 2.75) is 84.1 Å². The molecule has 5 heteroatoms. The molecule has 0 atom stereocenters. The molecule has 34 heavy (non-hydrogen) atoms. The lowest BCUT2D eigenvalue weighted by Gasteiger charge is -2.10. The molecule has 1 amide bonds. The largest absolute Gasteiger partial charge is 0.497 e. The first-order valence-corrected chi connectivity index (χ1v) is 13.0. The minimum absolute atomic E-state index is 0.0340. The molecule has 0 saturated carbocycles. The summed E-state index contributed by atoms with van der Waals surface area (Å²) in [4.78, 5) is 17.3. The minimum atomic E-state index is 0.0340. The smallest absolute Gasteiger partial charge is 0.224 e. The van der Waals surface area contributed by atoms with Crippen molar-refractivity contribution in [3.63, 3.8) is 0 Å². The Labute approximate surface area is 204 Å². The Hall–Kier alpha value is -2.82. The van der Waals surface area contributed by atoms with E-state index in [0.29, 0.717) is 13.0 Å². The van der Waals surface area contributed by atoms with Gasteiger partial charge in [-0.1, -0.05) is 82.6 Å². The first kappa shape index (κ1) is 25.8. The maximum absolute atomic E-state index is 12.4. The van der Waals surface area contributed by atoms with E-state index in [1.54, 1.807) is 7.11 Å². The fraction of sp³-hybridized carbons (Fsp3) is 0.517. The molecule has 1 heterocycles. The van der Waals surface area contributed by atoms with Crippen LogP contribution in [0.1, 0.15) is 76.1 Å². The molecule has 3 rings (SSSR count). The van der Waals surface area contributed by atoms with Gasteiger partial charge in [0.2, 0.25) is 5.91 Å². The van der Waals surface area contributed by atoms with E-state index in [-0.39, 0.29) is 5.91 Å². The summed E-state index contributed by atoms with van der Waals surface area (Å²) < 4.78 is 7.53. The summed E-state index contributed by atoms with van der Waals surface area (Å²) in [6.45, 7) is 3.85. The van der Waals surface area contributed by atoms with Crippen molar-refractivity contribution >= 4 is 16.9 Å². The van der Waals surface area contributed by atoms with Crippen molar-refractivity contribution in [3.8, 4) is 5.75 Å². The SMILES string of the molecule is CCCCCCCCCCCn1c(CCNC(=O)Cc2ccc(OC)cc2)nc2ccccc21. The predicted octanol–water partition coefficient (Wildman–Crippen LogP) is 6.48. The van der Waals surface area contributed by atoms with Crippen LogP contribution in [0.25, 0.3) is 11.0 Å². The Balaban J connectivity index is 1.45. The standard InChI is InChI=1S/C29H41N3O2/c1-3-4-5-6-7-8-9-10-13-22-32-27-15-12-11-14-26(27)31-28(32)20-21-30-29(33)23-24-16-18-25(34-2)19-17-24/h11-12,14-19H,3-10,13,20-23H2,1-2H3,(H,30,33). The molecule has 0 spiro atoms. The summed E-state index contributed by atoms with van der Waals surface area (Å²) >= 11 is 0. The summed E-state index contributed by atoms with van der Waals surface area (Å²) in [5.74, 6) is 1.90. The number of carbonyl (C=O) groups is 1. The number of hydrogen-bond donors (Lipinski definition) is 1. The highest BCUT2D eigenvalue weighted by atomic mass is 16.5. The Kier molecular flexibility index (Phi) is 11.0. The van der Waals surface area contributed by atoms with Crippen molar-refractivity contribution in [3.05, 3.63) is 59.9 Å². The average Bonchev–Trinajstić information content (AvgIpc) is 3.20. The lowest BCUT2D eigenvalue weighted by Crippen LogP contribution is -2.28. The molecule has 0 aliphatic carbocycles. The van der Waals surface area contributed by atoms with Crippen LogP contribution in [0.3, 0.4) is 0 Å².